The van der Waals surface area contributed by atoms with Crippen molar-refractivity contribution in [2.24, 2.45) is 0 Å². The van der Waals surface area contributed by atoms with Crippen LogP contribution >= 0.6 is 38.9 Å². The number of hydrogen-bond donors (Lipinski definition) is 1. The first-order valence-corrected chi connectivity index (χ1v) is 8.23. The van der Waals surface area contributed by atoms with Crippen molar-refractivity contribution in [2.45, 2.75) is 25.2 Å². The first-order valence-electron chi connectivity index (χ1n) is 6.24. The highest BCUT2D eigenvalue weighted by molar-refractivity contribution is 9.10. The zero-order valence-electron chi connectivity index (χ0n) is 10.4. The van der Waals surface area contributed by atoms with Crippen LogP contribution in [-0.2, 0) is 11.2 Å². The van der Waals surface area contributed by atoms with Crippen LogP contribution in [0.3, 0.4) is 0 Å². The number of carboxylic acid groups (broad SMARTS) is 1. The maximum atomic E-state index is 11.3. The van der Waals surface area contributed by atoms with Gasteiger partial charge in [-0.25, -0.2) is 4.98 Å². The number of carbonyl (C=O) groups is 1. The molecule has 20 heavy (non-hydrogen) atoms. The van der Waals surface area contributed by atoms with E-state index in [-0.39, 0.29) is 0 Å². The van der Waals surface area contributed by atoms with Crippen molar-refractivity contribution >= 4 is 44.8 Å². The molecule has 0 saturated carbocycles. The minimum Gasteiger partial charge on any atom is -0.481 e. The number of benzene rings is 1. The van der Waals surface area contributed by atoms with Crippen LogP contribution in [0.15, 0.2) is 22.7 Å². The molecule has 1 aliphatic rings. The van der Waals surface area contributed by atoms with E-state index in [1.807, 2.05) is 18.2 Å². The van der Waals surface area contributed by atoms with E-state index in [0.29, 0.717) is 11.4 Å². The Morgan fingerprint density at radius 3 is 3.00 bits per heavy atom. The molecule has 3 nitrogen and oxygen atoms in total. The molecule has 1 atom stereocenters. The van der Waals surface area contributed by atoms with Crippen molar-refractivity contribution in [1.29, 1.82) is 0 Å². The van der Waals surface area contributed by atoms with Crippen molar-refractivity contribution in [1.82, 2.24) is 4.98 Å². The third-order valence-corrected chi connectivity index (χ3v) is 5.83. The fraction of sp³-hybridized carbons (Fsp3) is 0.286. The van der Waals surface area contributed by atoms with Crippen LogP contribution < -0.4 is 0 Å². The molecule has 0 saturated heterocycles. The quantitative estimate of drug-likeness (QED) is 0.829. The lowest BCUT2D eigenvalue weighted by molar-refractivity contribution is -0.139. The van der Waals surface area contributed by atoms with Gasteiger partial charge in [-0.3, -0.25) is 4.79 Å². The number of aliphatic carboxylic acids is 1. The summed E-state index contributed by atoms with van der Waals surface area (Å²) < 4.78 is 0.840. The number of hydrogen-bond acceptors (Lipinski definition) is 3. The molecular weight excluding hydrogens is 362 g/mol. The van der Waals surface area contributed by atoms with Crippen LogP contribution in [0.25, 0.3) is 10.6 Å². The van der Waals surface area contributed by atoms with Gasteiger partial charge >= 0.3 is 5.97 Å². The van der Waals surface area contributed by atoms with Gasteiger partial charge in [0.15, 0.2) is 0 Å². The maximum Gasteiger partial charge on any atom is 0.312 e. The lowest BCUT2D eigenvalue weighted by Crippen LogP contribution is -2.17. The molecule has 0 spiro atoms. The van der Waals surface area contributed by atoms with Crippen LogP contribution in [0.1, 0.15) is 29.3 Å². The fourth-order valence-electron chi connectivity index (χ4n) is 2.41. The lowest BCUT2D eigenvalue weighted by atomic mass is 9.91. The Hall–Kier alpha value is -0.910. The smallest absolute Gasteiger partial charge is 0.312 e. The molecule has 6 heteroatoms. The van der Waals surface area contributed by atoms with E-state index in [1.54, 1.807) is 11.3 Å². The van der Waals surface area contributed by atoms with Crippen molar-refractivity contribution in [3.63, 3.8) is 0 Å². The summed E-state index contributed by atoms with van der Waals surface area (Å²) >= 11 is 11.0. The number of rotatable bonds is 2. The van der Waals surface area contributed by atoms with E-state index in [2.05, 4.69) is 20.9 Å². The molecule has 0 radical (unpaired) electrons. The summed E-state index contributed by atoms with van der Waals surface area (Å²) in [6.45, 7) is 0. The first kappa shape index (κ1) is 14.0. The summed E-state index contributed by atoms with van der Waals surface area (Å²) in [7, 11) is 0. The summed E-state index contributed by atoms with van der Waals surface area (Å²) in [5.41, 5.74) is 1.67. The van der Waals surface area contributed by atoms with Crippen LogP contribution in [0, 0.1) is 0 Å². The standard InChI is InChI=1S/C14H11BrClNO2S/c15-9-5-4-7(6-10(9)16)13-17-12-8(14(18)19)2-1-3-11(12)20-13/h4-6,8H,1-3H2,(H,18,19). The van der Waals surface area contributed by atoms with Crippen LogP contribution in [0.5, 0.6) is 0 Å². The van der Waals surface area contributed by atoms with Crippen molar-refractivity contribution in [3.8, 4) is 10.6 Å². The Morgan fingerprint density at radius 1 is 1.50 bits per heavy atom. The number of nitrogens with zero attached hydrogens (tertiary/aromatic N) is 1. The van der Waals surface area contributed by atoms with Crippen LogP contribution in [0.4, 0.5) is 0 Å². The van der Waals surface area contributed by atoms with Crippen LogP contribution in [-0.4, -0.2) is 16.1 Å². The molecule has 1 heterocycles. The lowest BCUT2D eigenvalue weighted by Gasteiger charge is -2.16. The van der Waals surface area contributed by atoms with E-state index in [4.69, 9.17) is 11.6 Å². The van der Waals surface area contributed by atoms with Gasteiger partial charge in [0.05, 0.1) is 16.6 Å². The third kappa shape index (κ3) is 2.50. The molecule has 1 aromatic carbocycles. The number of fused-ring (bicyclic) bond motifs is 1. The summed E-state index contributed by atoms with van der Waals surface area (Å²) in [5.74, 6) is -1.24. The van der Waals surface area contributed by atoms with E-state index in [1.165, 1.54) is 0 Å². The van der Waals surface area contributed by atoms with Crippen LogP contribution in [0.2, 0.25) is 5.02 Å². The molecule has 3 rings (SSSR count). The second kappa shape index (κ2) is 5.47. The van der Waals surface area contributed by atoms with Gasteiger partial charge in [-0.05, 0) is 47.3 Å². The summed E-state index contributed by atoms with van der Waals surface area (Å²) in [6, 6.07) is 5.68. The number of carboxylic acids is 1. The third-order valence-electron chi connectivity index (χ3n) is 3.42. The second-order valence-corrected chi connectivity index (χ2v) is 7.08. The van der Waals surface area contributed by atoms with E-state index in [9.17, 15) is 9.90 Å². The van der Waals surface area contributed by atoms with Gasteiger partial charge in [-0.15, -0.1) is 11.3 Å². The molecule has 1 unspecified atom stereocenters. The molecule has 1 aliphatic carbocycles. The van der Waals surface area contributed by atoms with Crippen molar-refractivity contribution in [2.75, 3.05) is 0 Å². The molecule has 0 amide bonds. The van der Waals surface area contributed by atoms with Gasteiger partial charge in [-0.1, -0.05) is 17.7 Å². The van der Waals surface area contributed by atoms with E-state index >= 15 is 0 Å². The molecule has 0 fully saturated rings. The molecule has 0 aliphatic heterocycles. The molecule has 1 aromatic heterocycles. The highest BCUT2D eigenvalue weighted by Crippen LogP contribution is 2.39. The van der Waals surface area contributed by atoms with Gasteiger partial charge in [0.2, 0.25) is 0 Å². The highest BCUT2D eigenvalue weighted by atomic mass is 79.9. The Labute approximate surface area is 133 Å². The van der Waals surface area contributed by atoms with Gasteiger partial charge in [0.25, 0.3) is 0 Å². The average molecular weight is 373 g/mol. The second-order valence-electron chi connectivity index (χ2n) is 4.74. The minimum absolute atomic E-state index is 0.463. The average Bonchev–Trinajstić information content (AvgIpc) is 2.85. The number of aromatic nitrogens is 1. The molecule has 2 aromatic rings. The van der Waals surface area contributed by atoms with Gasteiger partial charge in [0, 0.05) is 14.9 Å². The first-order chi connectivity index (χ1) is 9.56. The molecule has 104 valence electrons. The number of halogens is 2. The molecular formula is C14H11BrClNO2S. The minimum atomic E-state index is -0.781. The number of aryl methyl sites for hydroxylation is 1. The number of thiazole rings is 1. The summed E-state index contributed by atoms with van der Waals surface area (Å²) in [5, 5.41) is 10.8. The Kier molecular flexibility index (Phi) is 3.84. The normalized spacial score (nSPS) is 17.8. The highest BCUT2D eigenvalue weighted by Gasteiger charge is 2.30. The zero-order valence-corrected chi connectivity index (χ0v) is 13.6. The fourth-order valence-corrected chi connectivity index (χ4v) is 4.00. The predicted octanol–water partition coefficient (Wildman–Crippen LogP) is 4.73. The topological polar surface area (TPSA) is 50.2 Å². The van der Waals surface area contributed by atoms with Gasteiger partial charge in [-0.2, -0.15) is 0 Å². The maximum absolute atomic E-state index is 11.3. The van der Waals surface area contributed by atoms with Gasteiger partial charge < -0.3 is 5.11 Å². The SMILES string of the molecule is O=C(O)C1CCCc2sc(-c3ccc(Br)c(Cl)c3)nc21. The largest absolute Gasteiger partial charge is 0.481 e. The Morgan fingerprint density at radius 2 is 2.30 bits per heavy atom. The van der Waals surface area contributed by atoms with Crippen molar-refractivity contribution < 1.29 is 9.90 Å². The Bertz CT molecular complexity index is 686. The van der Waals surface area contributed by atoms with Crippen molar-refractivity contribution in [3.05, 3.63) is 38.3 Å². The molecule has 0 bridgehead atoms. The van der Waals surface area contributed by atoms with Gasteiger partial charge in [0.1, 0.15) is 5.01 Å². The predicted molar refractivity (Wildman–Crippen MR) is 83.6 cm³/mol. The van der Waals surface area contributed by atoms with E-state index < -0.39 is 11.9 Å². The monoisotopic (exact) mass is 371 g/mol. The Balaban J connectivity index is 2.04. The van der Waals surface area contributed by atoms with E-state index in [0.717, 1.165) is 38.5 Å². The molecule has 1 N–H and O–H groups in total. The zero-order chi connectivity index (χ0) is 14.3. The summed E-state index contributed by atoms with van der Waals surface area (Å²) in [6.07, 6.45) is 2.50. The summed E-state index contributed by atoms with van der Waals surface area (Å²) in [4.78, 5) is 17.0.